The van der Waals surface area contributed by atoms with Crippen LogP contribution in [0.1, 0.15) is 54.4 Å². The van der Waals surface area contributed by atoms with E-state index in [0.29, 0.717) is 12.0 Å². The number of rotatable bonds is 7. The van der Waals surface area contributed by atoms with Gasteiger partial charge in [0.2, 0.25) is 0 Å². The number of carbonyl (C=O) groups is 1. The first-order valence-corrected chi connectivity index (χ1v) is 9.95. The maximum absolute atomic E-state index is 10.5. The van der Waals surface area contributed by atoms with Crippen LogP contribution in [0.4, 0.5) is 0 Å². The van der Waals surface area contributed by atoms with E-state index in [9.17, 15) is 9.90 Å². The highest BCUT2D eigenvalue weighted by molar-refractivity contribution is 5.72. The van der Waals surface area contributed by atoms with Gasteiger partial charge in [0.15, 0.2) is 0 Å². The number of epoxide rings is 1. The van der Waals surface area contributed by atoms with E-state index in [1.807, 2.05) is 31.2 Å². The monoisotopic (exact) mass is 382 g/mol. The van der Waals surface area contributed by atoms with E-state index in [0.717, 1.165) is 23.9 Å². The van der Waals surface area contributed by atoms with Gasteiger partial charge in [0.05, 0.1) is 6.10 Å². The molecule has 3 atom stereocenters. The van der Waals surface area contributed by atoms with E-state index in [1.54, 1.807) is 13.0 Å². The fraction of sp³-hybridized carbons (Fsp3) is 0.480. The number of ether oxygens (including phenoxy) is 1. The summed E-state index contributed by atoms with van der Waals surface area (Å²) in [6.07, 6.45) is 20.1. The van der Waals surface area contributed by atoms with Crippen LogP contribution in [-0.2, 0) is 9.53 Å². The summed E-state index contributed by atoms with van der Waals surface area (Å²) in [4.78, 5) is 10.5. The van der Waals surface area contributed by atoms with Gasteiger partial charge < -0.3 is 9.84 Å². The highest BCUT2D eigenvalue weighted by atomic mass is 16.6. The van der Waals surface area contributed by atoms with E-state index in [-0.39, 0.29) is 22.7 Å². The normalized spacial score (nSPS) is 33.7. The van der Waals surface area contributed by atoms with Crippen LogP contribution in [0.2, 0.25) is 0 Å². The number of carbonyl (C=O) groups excluding carboxylic acids is 1. The average molecular weight is 383 g/mol. The van der Waals surface area contributed by atoms with Crippen molar-refractivity contribution in [3.8, 4) is 0 Å². The zero-order valence-electron chi connectivity index (χ0n) is 18.0. The Bertz CT molecular complexity index is 776. The second-order valence-electron chi connectivity index (χ2n) is 8.94. The summed E-state index contributed by atoms with van der Waals surface area (Å²) < 4.78 is 6.18. The molecule has 1 aliphatic carbocycles. The molecule has 152 valence electrons. The molecule has 3 nitrogen and oxygen atoms in total. The smallest absolute Gasteiger partial charge is 0.145 e. The molecule has 28 heavy (non-hydrogen) atoms. The molecule has 1 saturated carbocycles. The third-order valence-corrected chi connectivity index (χ3v) is 5.82. The lowest BCUT2D eigenvalue weighted by Gasteiger charge is -2.39. The number of aldehydes is 1. The molecular formula is C25H34O3. The zero-order chi connectivity index (χ0) is 21.0. The van der Waals surface area contributed by atoms with Gasteiger partial charge in [-0.1, -0.05) is 73.6 Å². The molecule has 1 saturated heterocycles. The third-order valence-electron chi connectivity index (χ3n) is 5.82. The summed E-state index contributed by atoms with van der Waals surface area (Å²) in [5, 5.41) is 10.1. The van der Waals surface area contributed by atoms with Gasteiger partial charge in [0.25, 0.3) is 0 Å². The molecule has 0 unspecified atom stereocenters. The predicted octanol–water partition coefficient (Wildman–Crippen LogP) is 5.40. The first kappa shape index (κ1) is 22.3. The first-order chi connectivity index (χ1) is 13.1. The number of aliphatic hydroxyl groups is 1. The number of aliphatic hydroxyl groups excluding tert-OH is 1. The van der Waals surface area contributed by atoms with E-state index >= 15 is 0 Å². The van der Waals surface area contributed by atoms with Crippen molar-refractivity contribution in [2.45, 2.75) is 71.7 Å². The second-order valence-corrected chi connectivity index (χ2v) is 8.94. The lowest BCUT2D eigenvalue weighted by Crippen LogP contribution is -2.46. The molecule has 2 rings (SSSR count). The molecule has 0 aromatic carbocycles. The van der Waals surface area contributed by atoms with Crippen molar-refractivity contribution in [3.05, 3.63) is 71.4 Å². The molecule has 0 aromatic rings. The summed E-state index contributed by atoms with van der Waals surface area (Å²) in [6, 6.07) is 0. The summed E-state index contributed by atoms with van der Waals surface area (Å²) in [7, 11) is 0. The summed E-state index contributed by atoms with van der Waals surface area (Å²) in [6.45, 7) is 12.4. The van der Waals surface area contributed by atoms with Crippen molar-refractivity contribution in [2.24, 2.45) is 5.41 Å². The van der Waals surface area contributed by atoms with Gasteiger partial charge in [-0.05, 0) is 45.8 Å². The Hall–Kier alpha value is -1.97. The third kappa shape index (κ3) is 4.89. The molecule has 0 radical (unpaired) electrons. The molecule has 0 aromatic heterocycles. The van der Waals surface area contributed by atoms with Gasteiger partial charge in [0, 0.05) is 11.8 Å². The van der Waals surface area contributed by atoms with E-state index < -0.39 is 0 Å². The molecule has 0 bridgehead atoms. The standard InChI is InChI=1S/C25H34O3/c1-19(10-7-8-11-21(3)18-26)12-9-13-20(2)14-15-25-23(4,5)16-22(27)17-24(25,6)28-25/h7-15,18,22,27H,16-17H2,1-6H3/b8-7+,12-9+,15-14+,19-10+,20-13+,21-11+/t22-,24+,25-/m0/s1. The highest BCUT2D eigenvalue weighted by Crippen LogP contribution is 2.66. The zero-order valence-corrected chi connectivity index (χ0v) is 18.0. The Morgan fingerprint density at radius 3 is 2.07 bits per heavy atom. The van der Waals surface area contributed by atoms with Crippen LogP contribution in [0.5, 0.6) is 0 Å². The Morgan fingerprint density at radius 1 is 0.893 bits per heavy atom. The topological polar surface area (TPSA) is 49.8 Å². The fourth-order valence-electron chi connectivity index (χ4n) is 4.24. The van der Waals surface area contributed by atoms with Crippen molar-refractivity contribution in [3.63, 3.8) is 0 Å². The fourth-order valence-corrected chi connectivity index (χ4v) is 4.24. The van der Waals surface area contributed by atoms with Gasteiger partial charge in [0.1, 0.15) is 17.5 Å². The minimum Gasteiger partial charge on any atom is -0.393 e. The van der Waals surface area contributed by atoms with Crippen LogP contribution in [-0.4, -0.2) is 28.7 Å². The summed E-state index contributed by atoms with van der Waals surface area (Å²) in [5.74, 6) is 0. The molecular weight excluding hydrogens is 348 g/mol. The molecule has 1 heterocycles. The largest absolute Gasteiger partial charge is 0.393 e. The SMILES string of the molecule is C\C(C=O)=C/C=C/C=C(C)/C=C/C=C(C)/C=C/[C@@]12O[C@]1(C)C[C@@H](O)CC2(C)C. The minimum absolute atomic E-state index is 0.0889. The van der Waals surface area contributed by atoms with Crippen LogP contribution in [0.3, 0.4) is 0 Å². The van der Waals surface area contributed by atoms with Gasteiger partial charge in [-0.15, -0.1) is 0 Å². The quantitative estimate of drug-likeness (QED) is 0.277. The first-order valence-electron chi connectivity index (χ1n) is 9.95. The van der Waals surface area contributed by atoms with Crippen LogP contribution in [0.25, 0.3) is 0 Å². The summed E-state index contributed by atoms with van der Waals surface area (Å²) in [5.41, 5.74) is 2.34. The number of fused-ring (bicyclic) bond motifs is 1. The Labute approximate surface area is 169 Å². The van der Waals surface area contributed by atoms with Crippen molar-refractivity contribution < 1.29 is 14.6 Å². The molecule has 2 fully saturated rings. The van der Waals surface area contributed by atoms with Crippen molar-refractivity contribution in [2.75, 3.05) is 0 Å². The van der Waals surface area contributed by atoms with Gasteiger partial charge in [-0.3, -0.25) is 4.79 Å². The maximum Gasteiger partial charge on any atom is 0.145 e. The Morgan fingerprint density at radius 2 is 1.46 bits per heavy atom. The average Bonchev–Trinajstić information content (AvgIpc) is 3.22. The molecule has 1 N–H and O–H groups in total. The molecule has 0 amide bonds. The number of allylic oxidation sites excluding steroid dienone is 11. The molecule has 3 heteroatoms. The van der Waals surface area contributed by atoms with E-state index in [1.165, 1.54) is 0 Å². The lowest BCUT2D eigenvalue weighted by atomic mass is 9.63. The van der Waals surface area contributed by atoms with E-state index in [4.69, 9.17) is 4.74 Å². The van der Waals surface area contributed by atoms with Crippen LogP contribution in [0.15, 0.2) is 71.4 Å². The van der Waals surface area contributed by atoms with Gasteiger partial charge in [-0.2, -0.15) is 0 Å². The van der Waals surface area contributed by atoms with E-state index in [2.05, 4.69) is 52.0 Å². The maximum atomic E-state index is 10.5. The van der Waals surface area contributed by atoms with Crippen LogP contribution < -0.4 is 0 Å². The van der Waals surface area contributed by atoms with Gasteiger partial charge >= 0.3 is 0 Å². The molecule has 0 spiro atoms. The van der Waals surface area contributed by atoms with Crippen LogP contribution in [0, 0.1) is 5.41 Å². The van der Waals surface area contributed by atoms with Crippen molar-refractivity contribution in [1.82, 2.24) is 0 Å². The number of hydrogen-bond acceptors (Lipinski definition) is 3. The second kappa shape index (κ2) is 8.59. The van der Waals surface area contributed by atoms with Gasteiger partial charge in [-0.25, -0.2) is 0 Å². The van der Waals surface area contributed by atoms with Crippen LogP contribution >= 0.6 is 0 Å². The predicted molar refractivity (Wildman–Crippen MR) is 116 cm³/mol. The van der Waals surface area contributed by atoms with Crippen molar-refractivity contribution >= 4 is 6.29 Å². The lowest BCUT2D eigenvalue weighted by molar-refractivity contribution is -0.104. The minimum atomic E-state index is -0.287. The molecule has 2 aliphatic rings. The Balaban J connectivity index is 1.99. The number of hydrogen-bond donors (Lipinski definition) is 1. The highest BCUT2D eigenvalue weighted by Gasteiger charge is 2.74. The molecule has 1 aliphatic heterocycles. The Kier molecular flexibility index (Phi) is 6.84. The van der Waals surface area contributed by atoms with Crippen molar-refractivity contribution in [1.29, 1.82) is 0 Å². The summed E-state index contributed by atoms with van der Waals surface area (Å²) >= 11 is 0.